The summed E-state index contributed by atoms with van der Waals surface area (Å²) in [6.07, 6.45) is 0. The zero-order chi connectivity index (χ0) is 18.6. The van der Waals surface area contributed by atoms with E-state index in [0.717, 1.165) is 12.1 Å². The quantitative estimate of drug-likeness (QED) is 0.707. The molecule has 4 N–H and O–H groups in total. The molecule has 0 radical (unpaired) electrons. The first-order chi connectivity index (χ1) is 11.9. The van der Waals surface area contributed by atoms with Crippen LogP contribution in [0.15, 0.2) is 36.4 Å². The van der Waals surface area contributed by atoms with Gasteiger partial charge in [-0.1, -0.05) is 6.07 Å². The molecule has 0 aliphatic rings. The summed E-state index contributed by atoms with van der Waals surface area (Å²) in [7, 11) is 2.90. The lowest BCUT2D eigenvalue weighted by atomic mass is 10.1. The van der Waals surface area contributed by atoms with E-state index in [2.05, 4.69) is 5.32 Å². The van der Waals surface area contributed by atoms with E-state index in [1.165, 1.54) is 26.4 Å². The fourth-order valence-corrected chi connectivity index (χ4v) is 2.29. The molecule has 25 heavy (non-hydrogen) atoms. The van der Waals surface area contributed by atoms with E-state index in [0.29, 0.717) is 17.1 Å². The van der Waals surface area contributed by atoms with Gasteiger partial charge in [0.05, 0.1) is 19.8 Å². The molecular weight excluding hydrogens is 331 g/mol. The number of nitrogens with two attached hydrogens (primary N) is 1. The average molecular weight is 348 g/mol. The van der Waals surface area contributed by atoms with Gasteiger partial charge in [0.25, 0.3) is 5.91 Å². The highest BCUT2D eigenvalue weighted by molar-refractivity contribution is 5.94. The maximum atomic E-state index is 13.5. The van der Waals surface area contributed by atoms with Crippen molar-refractivity contribution < 1.29 is 28.6 Å². The number of aliphatic carboxylic acids is 1. The van der Waals surface area contributed by atoms with Crippen molar-refractivity contribution >= 4 is 17.6 Å². The van der Waals surface area contributed by atoms with Gasteiger partial charge < -0.3 is 25.6 Å². The van der Waals surface area contributed by atoms with Crippen molar-refractivity contribution in [2.45, 2.75) is 6.04 Å². The second-order valence-electron chi connectivity index (χ2n) is 5.09. The third-order valence-electron chi connectivity index (χ3n) is 3.53. The van der Waals surface area contributed by atoms with Gasteiger partial charge in [0.1, 0.15) is 5.82 Å². The van der Waals surface area contributed by atoms with Gasteiger partial charge in [0.15, 0.2) is 17.5 Å². The van der Waals surface area contributed by atoms with Crippen molar-refractivity contribution in [3.05, 3.63) is 53.3 Å². The number of hydrogen-bond acceptors (Lipinski definition) is 5. The number of ether oxygens (including phenoxy) is 2. The van der Waals surface area contributed by atoms with Gasteiger partial charge in [0.2, 0.25) is 0 Å². The predicted octanol–water partition coefficient (Wildman–Crippen LogP) is 2.18. The number of hydrogen-bond donors (Lipinski definition) is 3. The molecule has 0 heterocycles. The Morgan fingerprint density at radius 1 is 1.12 bits per heavy atom. The highest BCUT2D eigenvalue weighted by Crippen LogP contribution is 2.31. The zero-order valence-corrected chi connectivity index (χ0v) is 13.6. The fraction of sp³-hybridized carbons (Fsp3) is 0.176. The Kier molecular flexibility index (Phi) is 5.43. The molecule has 2 aromatic rings. The number of amides is 1. The van der Waals surface area contributed by atoms with Crippen LogP contribution in [-0.4, -0.2) is 31.2 Å². The van der Waals surface area contributed by atoms with Crippen LogP contribution in [0.25, 0.3) is 0 Å². The SMILES string of the molecule is COc1ccc(C(Nc2ccc(F)c(C(N)=O)c2)C(=O)O)cc1OC. The molecule has 8 heteroatoms. The van der Waals surface area contributed by atoms with Gasteiger partial charge in [0, 0.05) is 5.69 Å². The van der Waals surface area contributed by atoms with Gasteiger partial charge in [-0.15, -0.1) is 0 Å². The Morgan fingerprint density at radius 2 is 1.80 bits per heavy atom. The lowest BCUT2D eigenvalue weighted by molar-refractivity contribution is -0.138. The van der Waals surface area contributed by atoms with Crippen LogP contribution in [0.3, 0.4) is 0 Å². The third kappa shape index (κ3) is 3.97. The molecule has 0 aliphatic heterocycles. The maximum absolute atomic E-state index is 13.5. The lowest BCUT2D eigenvalue weighted by Crippen LogP contribution is -2.21. The average Bonchev–Trinajstić information content (AvgIpc) is 2.59. The van der Waals surface area contributed by atoms with Gasteiger partial charge in [-0.25, -0.2) is 9.18 Å². The van der Waals surface area contributed by atoms with E-state index in [4.69, 9.17) is 15.2 Å². The van der Waals surface area contributed by atoms with Crippen LogP contribution in [0.2, 0.25) is 0 Å². The number of methoxy groups -OCH3 is 2. The predicted molar refractivity (Wildman–Crippen MR) is 88.5 cm³/mol. The summed E-state index contributed by atoms with van der Waals surface area (Å²) in [5.74, 6) is -2.08. The Balaban J connectivity index is 2.38. The number of carbonyl (C=O) groups excluding carboxylic acids is 1. The number of anilines is 1. The largest absolute Gasteiger partial charge is 0.493 e. The molecule has 0 saturated heterocycles. The van der Waals surface area contributed by atoms with Crippen LogP contribution in [0, 0.1) is 5.82 Å². The van der Waals surface area contributed by atoms with Crippen molar-refractivity contribution in [3.63, 3.8) is 0 Å². The van der Waals surface area contributed by atoms with Crippen LogP contribution >= 0.6 is 0 Å². The topological polar surface area (TPSA) is 111 Å². The number of nitrogens with one attached hydrogen (secondary N) is 1. The normalized spacial score (nSPS) is 11.5. The van der Waals surface area contributed by atoms with Crippen LogP contribution in [0.4, 0.5) is 10.1 Å². The Bertz CT molecular complexity index is 810. The van der Waals surface area contributed by atoms with Crippen LogP contribution in [0.5, 0.6) is 11.5 Å². The number of rotatable bonds is 7. The molecule has 1 atom stereocenters. The van der Waals surface area contributed by atoms with Crippen molar-refractivity contribution in [2.24, 2.45) is 5.73 Å². The van der Waals surface area contributed by atoms with E-state index in [1.807, 2.05) is 0 Å². The summed E-state index contributed by atoms with van der Waals surface area (Å²) in [5.41, 5.74) is 5.39. The summed E-state index contributed by atoms with van der Waals surface area (Å²) in [6.45, 7) is 0. The van der Waals surface area contributed by atoms with Crippen LogP contribution in [-0.2, 0) is 4.79 Å². The van der Waals surface area contributed by atoms with Gasteiger partial charge in [-0.05, 0) is 35.9 Å². The van der Waals surface area contributed by atoms with E-state index in [9.17, 15) is 19.1 Å². The number of primary amides is 1. The summed E-state index contributed by atoms with van der Waals surface area (Å²) in [5, 5.41) is 12.2. The van der Waals surface area contributed by atoms with E-state index in [-0.39, 0.29) is 11.3 Å². The van der Waals surface area contributed by atoms with Crippen LogP contribution < -0.4 is 20.5 Å². The van der Waals surface area contributed by atoms with Gasteiger partial charge >= 0.3 is 5.97 Å². The number of carbonyl (C=O) groups is 2. The minimum Gasteiger partial charge on any atom is -0.493 e. The Hall–Kier alpha value is -3.29. The number of halogens is 1. The molecule has 0 fully saturated rings. The summed E-state index contributed by atoms with van der Waals surface area (Å²) < 4.78 is 23.8. The first-order valence-corrected chi connectivity index (χ1v) is 7.18. The number of carboxylic acids is 1. The lowest BCUT2D eigenvalue weighted by Gasteiger charge is -2.18. The van der Waals surface area contributed by atoms with Crippen molar-refractivity contribution in [1.82, 2.24) is 0 Å². The molecule has 0 spiro atoms. The van der Waals surface area contributed by atoms with E-state index < -0.39 is 23.7 Å². The van der Waals surface area contributed by atoms with Crippen LogP contribution in [0.1, 0.15) is 22.0 Å². The Labute approximate surface area is 143 Å². The Morgan fingerprint density at radius 3 is 2.36 bits per heavy atom. The number of benzene rings is 2. The third-order valence-corrected chi connectivity index (χ3v) is 3.53. The monoisotopic (exact) mass is 348 g/mol. The summed E-state index contributed by atoms with van der Waals surface area (Å²) >= 11 is 0. The molecule has 0 saturated carbocycles. The second-order valence-corrected chi connectivity index (χ2v) is 5.09. The molecule has 1 amide bonds. The molecule has 2 rings (SSSR count). The van der Waals surface area contributed by atoms with Crippen molar-refractivity contribution in [1.29, 1.82) is 0 Å². The van der Waals surface area contributed by atoms with E-state index >= 15 is 0 Å². The molecule has 0 bridgehead atoms. The standard InChI is InChI=1S/C17H17FN2O5/c1-24-13-6-3-9(7-14(13)25-2)15(17(22)23)20-10-4-5-12(18)11(8-10)16(19)21/h3-8,15,20H,1-2H3,(H2,19,21)(H,22,23). The minimum absolute atomic E-state index is 0.234. The molecule has 0 aromatic heterocycles. The summed E-state index contributed by atoms with van der Waals surface area (Å²) in [4.78, 5) is 22.9. The first kappa shape index (κ1) is 18.1. The summed E-state index contributed by atoms with van der Waals surface area (Å²) in [6, 6.07) is 7.01. The molecular formula is C17H17FN2O5. The molecule has 1 unspecified atom stereocenters. The highest BCUT2D eigenvalue weighted by Gasteiger charge is 2.22. The van der Waals surface area contributed by atoms with Gasteiger partial charge in [-0.3, -0.25) is 4.79 Å². The highest BCUT2D eigenvalue weighted by atomic mass is 19.1. The van der Waals surface area contributed by atoms with Crippen molar-refractivity contribution in [2.75, 3.05) is 19.5 Å². The number of carboxylic acid groups (broad SMARTS) is 1. The zero-order valence-electron chi connectivity index (χ0n) is 13.6. The molecule has 132 valence electrons. The fourth-order valence-electron chi connectivity index (χ4n) is 2.29. The molecule has 2 aromatic carbocycles. The molecule has 7 nitrogen and oxygen atoms in total. The first-order valence-electron chi connectivity index (χ1n) is 7.18. The molecule has 0 aliphatic carbocycles. The maximum Gasteiger partial charge on any atom is 0.330 e. The smallest absolute Gasteiger partial charge is 0.330 e. The second kappa shape index (κ2) is 7.52. The minimum atomic E-state index is -1.17. The van der Waals surface area contributed by atoms with E-state index in [1.54, 1.807) is 12.1 Å². The van der Waals surface area contributed by atoms with Crippen molar-refractivity contribution in [3.8, 4) is 11.5 Å². The van der Waals surface area contributed by atoms with Gasteiger partial charge in [-0.2, -0.15) is 0 Å².